The van der Waals surface area contributed by atoms with Crippen molar-refractivity contribution in [3.63, 3.8) is 0 Å². The molecule has 1 N–H and O–H groups in total. The van der Waals surface area contributed by atoms with Crippen molar-refractivity contribution in [1.82, 2.24) is 0 Å². The first-order chi connectivity index (χ1) is 11.8. The van der Waals surface area contributed by atoms with E-state index in [9.17, 15) is 4.79 Å². The van der Waals surface area contributed by atoms with Gasteiger partial charge in [-0.25, -0.2) is 0 Å². The van der Waals surface area contributed by atoms with Gasteiger partial charge in [-0.1, -0.05) is 38.0 Å². The molecule has 0 unspecified atom stereocenters. The molecule has 1 amide bonds. The Kier molecular flexibility index (Phi) is 5.36. The van der Waals surface area contributed by atoms with Crippen LogP contribution in [0.2, 0.25) is 0 Å². The van der Waals surface area contributed by atoms with Crippen LogP contribution in [0.5, 0.6) is 0 Å². The van der Waals surface area contributed by atoms with Crippen LogP contribution in [-0.4, -0.2) is 5.91 Å². The molecular formula is C20H23N3O. The molecule has 124 valence electrons. The maximum Gasteiger partial charge on any atom is 0.227 e. The molecule has 0 heterocycles. The number of nitrogens with one attached hydrogen (secondary N) is 1. The summed E-state index contributed by atoms with van der Waals surface area (Å²) >= 11 is 0. The number of benzene rings is 2. The maximum absolute atomic E-state index is 12.2. The van der Waals surface area contributed by atoms with Crippen LogP contribution in [-0.2, 0) is 4.79 Å². The Bertz CT molecular complexity index is 695. The van der Waals surface area contributed by atoms with E-state index >= 15 is 0 Å². The van der Waals surface area contributed by atoms with E-state index in [1.807, 2.05) is 54.6 Å². The third-order valence-corrected chi connectivity index (χ3v) is 4.36. The lowest BCUT2D eigenvalue weighted by Gasteiger charge is -2.05. The largest absolute Gasteiger partial charge is 0.326 e. The van der Waals surface area contributed by atoms with Gasteiger partial charge in [0, 0.05) is 11.6 Å². The predicted octanol–water partition coefficient (Wildman–Crippen LogP) is 5.87. The highest BCUT2D eigenvalue weighted by Gasteiger charge is 2.41. The first kappa shape index (κ1) is 16.4. The number of hydrogen-bond donors (Lipinski definition) is 1. The molecule has 2 atom stereocenters. The standard InChI is InChI=1S/C20H23N3O/c1-2-3-7-15-14-19(15)20(24)21-16-10-12-18(13-11-16)23-22-17-8-5-4-6-9-17/h4-6,8-13,15,19H,2-3,7,14H2,1H3,(H,21,24)/t15-,19-/m0/s1. The molecule has 1 aliphatic rings. The van der Waals surface area contributed by atoms with Crippen LogP contribution >= 0.6 is 0 Å². The minimum atomic E-state index is 0.148. The summed E-state index contributed by atoms with van der Waals surface area (Å²) in [6.45, 7) is 2.19. The number of azo groups is 1. The molecule has 1 saturated carbocycles. The first-order valence-electron chi connectivity index (χ1n) is 8.64. The second-order valence-electron chi connectivity index (χ2n) is 6.32. The van der Waals surface area contributed by atoms with Crippen LogP contribution in [0.1, 0.15) is 32.6 Å². The number of carbonyl (C=O) groups is 1. The van der Waals surface area contributed by atoms with E-state index < -0.39 is 0 Å². The molecule has 1 fully saturated rings. The van der Waals surface area contributed by atoms with E-state index in [1.54, 1.807) is 0 Å². The van der Waals surface area contributed by atoms with Gasteiger partial charge in [-0.05, 0) is 55.2 Å². The van der Waals surface area contributed by atoms with Crippen LogP contribution in [0.15, 0.2) is 64.8 Å². The van der Waals surface area contributed by atoms with E-state index in [0.29, 0.717) is 5.92 Å². The monoisotopic (exact) mass is 321 g/mol. The van der Waals surface area contributed by atoms with E-state index in [4.69, 9.17) is 0 Å². The second-order valence-corrected chi connectivity index (χ2v) is 6.32. The molecule has 0 aromatic heterocycles. The summed E-state index contributed by atoms with van der Waals surface area (Å²) in [6, 6.07) is 17.1. The molecule has 4 nitrogen and oxygen atoms in total. The van der Waals surface area contributed by atoms with Crippen molar-refractivity contribution in [3.05, 3.63) is 54.6 Å². The fourth-order valence-electron chi connectivity index (χ4n) is 2.81. The lowest BCUT2D eigenvalue weighted by Crippen LogP contribution is -2.14. The summed E-state index contributed by atoms with van der Waals surface area (Å²) in [5.41, 5.74) is 2.41. The molecule has 1 aliphatic carbocycles. The fraction of sp³-hybridized carbons (Fsp3) is 0.350. The van der Waals surface area contributed by atoms with Gasteiger partial charge < -0.3 is 5.32 Å². The Hall–Kier alpha value is -2.49. The summed E-state index contributed by atoms with van der Waals surface area (Å²) in [6.07, 6.45) is 4.63. The lowest BCUT2D eigenvalue weighted by atomic mass is 10.1. The van der Waals surface area contributed by atoms with Gasteiger partial charge in [0.15, 0.2) is 0 Å². The van der Waals surface area contributed by atoms with Gasteiger partial charge >= 0.3 is 0 Å². The lowest BCUT2D eigenvalue weighted by molar-refractivity contribution is -0.117. The molecule has 24 heavy (non-hydrogen) atoms. The van der Waals surface area contributed by atoms with E-state index in [2.05, 4.69) is 22.5 Å². The summed E-state index contributed by atoms with van der Waals surface area (Å²) in [7, 11) is 0. The molecule has 0 aliphatic heterocycles. The van der Waals surface area contributed by atoms with E-state index in [0.717, 1.165) is 23.5 Å². The van der Waals surface area contributed by atoms with Crippen molar-refractivity contribution in [2.24, 2.45) is 22.1 Å². The Labute approximate surface area is 143 Å². The summed E-state index contributed by atoms with van der Waals surface area (Å²) in [5.74, 6) is 0.938. The number of hydrogen-bond acceptors (Lipinski definition) is 3. The van der Waals surface area contributed by atoms with Gasteiger partial charge in [-0.2, -0.15) is 10.2 Å². The van der Waals surface area contributed by atoms with Crippen LogP contribution in [0.25, 0.3) is 0 Å². The Morgan fingerprint density at radius 2 is 1.71 bits per heavy atom. The van der Waals surface area contributed by atoms with Gasteiger partial charge in [0.1, 0.15) is 0 Å². The number of anilines is 1. The summed E-state index contributed by atoms with van der Waals surface area (Å²) < 4.78 is 0. The zero-order chi connectivity index (χ0) is 16.8. The van der Waals surface area contributed by atoms with Gasteiger partial charge in [-0.3, -0.25) is 4.79 Å². The number of amides is 1. The maximum atomic E-state index is 12.2. The van der Waals surface area contributed by atoms with Crippen LogP contribution in [0.3, 0.4) is 0 Å². The molecule has 0 radical (unpaired) electrons. The highest BCUT2D eigenvalue weighted by atomic mass is 16.2. The van der Waals surface area contributed by atoms with Gasteiger partial charge in [0.2, 0.25) is 5.91 Å². The molecule has 2 aromatic rings. The topological polar surface area (TPSA) is 53.8 Å². The van der Waals surface area contributed by atoms with Crippen LogP contribution < -0.4 is 5.32 Å². The molecule has 3 rings (SSSR count). The highest BCUT2D eigenvalue weighted by molar-refractivity contribution is 5.94. The molecule has 0 spiro atoms. The zero-order valence-electron chi connectivity index (χ0n) is 14.0. The fourth-order valence-corrected chi connectivity index (χ4v) is 2.81. The van der Waals surface area contributed by atoms with Gasteiger partial charge in [0.05, 0.1) is 11.4 Å². The number of unbranched alkanes of at least 4 members (excludes halogenated alkanes) is 1. The minimum absolute atomic E-state index is 0.148. The first-order valence-corrected chi connectivity index (χ1v) is 8.64. The molecule has 0 bridgehead atoms. The average Bonchev–Trinajstić information content (AvgIpc) is 3.40. The normalized spacial score (nSPS) is 19.4. The number of nitrogens with zero attached hydrogens (tertiary/aromatic N) is 2. The highest BCUT2D eigenvalue weighted by Crippen LogP contribution is 2.43. The van der Waals surface area contributed by atoms with Crippen molar-refractivity contribution in [2.45, 2.75) is 32.6 Å². The molecule has 2 aromatic carbocycles. The SMILES string of the molecule is CCCC[C@H]1C[C@@H]1C(=O)Nc1ccc(N=Nc2ccccc2)cc1. The van der Waals surface area contributed by atoms with Crippen molar-refractivity contribution in [1.29, 1.82) is 0 Å². The minimum Gasteiger partial charge on any atom is -0.326 e. The average molecular weight is 321 g/mol. The Morgan fingerprint density at radius 1 is 1.04 bits per heavy atom. The summed E-state index contributed by atoms with van der Waals surface area (Å²) in [4.78, 5) is 12.2. The molecule has 4 heteroatoms. The second kappa shape index (κ2) is 7.86. The van der Waals surface area contributed by atoms with Crippen molar-refractivity contribution in [2.75, 3.05) is 5.32 Å². The van der Waals surface area contributed by atoms with Crippen molar-refractivity contribution < 1.29 is 4.79 Å². The van der Waals surface area contributed by atoms with E-state index in [1.165, 1.54) is 19.3 Å². The smallest absolute Gasteiger partial charge is 0.227 e. The Morgan fingerprint density at radius 3 is 2.38 bits per heavy atom. The molecule has 0 saturated heterocycles. The van der Waals surface area contributed by atoms with Gasteiger partial charge in [0.25, 0.3) is 0 Å². The summed E-state index contributed by atoms with van der Waals surface area (Å²) in [5, 5.41) is 11.4. The quantitative estimate of drug-likeness (QED) is 0.637. The number of carbonyl (C=O) groups excluding carboxylic acids is 1. The van der Waals surface area contributed by atoms with Crippen molar-refractivity contribution >= 4 is 23.0 Å². The van der Waals surface area contributed by atoms with Crippen LogP contribution in [0.4, 0.5) is 17.1 Å². The van der Waals surface area contributed by atoms with Gasteiger partial charge in [-0.15, -0.1) is 0 Å². The van der Waals surface area contributed by atoms with Crippen molar-refractivity contribution in [3.8, 4) is 0 Å². The van der Waals surface area contributed by atoms with E-state index in [-0.39, 0.29) is 11.8 Å². The number of rotatable bonds is 7. The third-order valence-electron chi connectivity index (χ3n) is 4.36. The third kappa shape index (κ3) is 4.51. The Balaban J connectivity index is 1.52. The molecular weight excluding hydrogens is 298 g/mol. The predicted molar refractivity (Wildman–Crippen MR) is 96.8 cm³/mol. The van der Waals surface area contributed by atoms with Crippen LogP contribution in [0, 0.1) is 11.8 Å². The zero-order valence-corrected chi connectivity index (χ0v) is 14.0.